The highest BCUT2D eigenvalue weighted by Crippen LogP contribution is 2.30. The summed E-state index contributed by atoms with van der Waals surface area (Å²) in [5.74, 6) is -1.12. The van der Waals surface area contributed by atoms with Crippen LogP contribution in [-0.4, -0.2) is 45.8 Å². The Hall–Kier alpha value is -2.58. The van der Waals surface area contributed by atoms with Crippen molar-refractivity contribution in [3.8, 4) is 0 Å². The first-order valence-electron chi connectivity index (χ1n) is 8.17. The Kier molecular flexibility index (Phi) is 5.15. The summed E-state index contributed by atoms with van der Waals surface area (Å²) >= 11 is 0. The third-order valence-corrected chi connectivity index (χ3v) is 5.75. The second-order valence-electron chi connectivity index (χ2n) is 6.01. The van der Waals surface area contributed by atoms with Crippen LogP contribution in [0.2, 0.25) is 0 Å². The highest BCUT2D eigenvalue weighted by atomic mass is 32.2. The monoisotopic (exact) mass is 376 g/mol. The minimum atomic E-state index is -3.85. The molecule has 138 valence electrons. The zero-order valence-corrected chi connectivity index (χ0v) is 15.1. The Labute approximate surface area is 152 Å². The van der Waals surface area contributed by atoms with Crippen LogP contribution in [0.25, 0.3) is 0 Å². The van der Waals surface area contributed by atoms with Gasteiger partial charge < -0.3 is 14.7 Å². The van der Waals surface area contributed by atoms with Gasteiger partial charge in [-0.2, -0.15) is 0 Å². The zero-order chi connectivity index (χ0) is 18.7. The minimum absolute atomic E-state index is 0.0180. The third-order valence-electron chi connectivity index (χ3n) is 4.22. The highest BCUT2D eigenvalue weighted by Gasteiger charge is 2.22. The molecule has 0 unspecified atom stereocenters. The number of benzene rings is 2. The minimum Gasteiger partial charge on any atom is -0.478 e. The van der Waals surface area contributed by atoms with Crippen LogP contribution in [0.5, 0.6) is 0 Å². The summed E-state index contributed by atoms with van der Waals surface area (Å²) in [6, 6.07) is 11.1. The van der Waals surface area contributed by atoms with E-state index in [1.54, 1.807) is 31.2 Å². The number of morpholine rings is 1. The van der Waals surface area contributed by atoms with Gasteiger partial charge in [-0.05, 0) is 36.8 Å². The van der Waals surface area contributed by atoms with Crippen LogP contribution in [0.15, 0.2) is 47.4 Å². The zero-order valence-electron chi connectivity index (χ0n) is 14.3. The number of anilines is 2. The van der Waals surface area contributed by atoms with Gasteiger partial charge in [0.1, 0.15) is 0 Å². The summed E-state index contributed by atoms with van der Waals surface area (Å²) in [6.07, 6.45) is 0. The van der Waals surface area contributed by atoms with Crippen molar-refractivity contribution in [1.82, 2.24) is 0 Å². The molecule has 8 heteroatoms. The molecule has 0 radical (unpaired) electrons. The van der Waals surface area contributed by atoms with E-state index in [2.05, 4.69) is 4.72 Å². The van der Waals surface area contributed by atoms with E-state index < -0.39 is 16.0 Å². The summed E-state index contributed by atoms with van der Waals surface area (Å²) in [5, 5.41) is 9.26. The molecule has 1 heterocycles. The predicted octanol–water partition coefficient (Wildman–Crippen LogP) is 2.33. The van der Waals surface area contributed by atoms with E-state index in [-0.39, 0.29) is 16.1 Å². The second-order valence-corrected chi connectivity index (χ2v) is 7.66. The summed E-state index contributed by atoms with van der Waals surface area (Å²) in [5.41, 5.74) is 1.51. The Morgan fingerprint density at radius 1 is 1.15 bits per heavy atom. The van der Waals surface area contributed by atoms with Crippen molar-refractivity contribution in [2.24, 2.45) is 0 Å². The Morgan fingerprint density at radius 2 is 1.85 bits per heavy atom. The fourth-order valence-electron chi connectivity index (χ4n) is 2.89. The number of aryl methyl sites for hydroxylation is 1. The van der Waals surface area contributed by atoms with E-state index in [0.717, 1.165) is 0 Å². The van der Waals surface area contributed by atoms with Gasteiger partial charge in [0.15, 0.2) is 0 Å². The van der Waals surface area contributed by atoms with Crippen LogP contribution in [0.1, 0.15) is 15.9 Å². The van der Waals surface area contributed by atoms with Gasteiger partial charge in [-0.3, -0.25) is 4.72 Å². The number of hydrogen-bond acceptors (Lipinski definition) is 5. The van der Waals surface area contributed by atoms with Gasteiger partial charge in [-0.25, -0.2) is 13.2 Å². The molecule has 0 aliphatic carbocycles. The number of rotatable bonds is 5. The summed E-state index contributed by atoms with van der Waals surface area (Å²) < 4.78 is 33.6. The number of carboxylic acids is 1. The molecule has 0 spiro atoms. The normalized spacial score (nSPS) is 14.9. The maximum Gasteiger partial charge on any atom is 0.335 e. The second kappa shape index (κ2) is 7.35. The van der Waals surface area contributed by atoms with Crippen molar-refractivity contribution in [3.05, 3.63) is 53.6 Å². The van der Waals surface area contributed by atoms with Crippen molar-refractivity contribution in [2.45, 2.75) is 11.8 Å². The van der Waals surface area contributed by atoms with Crippen LogP contribution in [-0.2, 0) is 14.8 Å². The first-order valence-corrected chi connectivity index (χ1v) is 9.65. The quantitative estimate of drug-likeness (QED) is 0.831. The SMILES string of the molecule is Cc1ccccc1S(=O)(=O)Nc1cc(C(=O)O)ccc1N1CCOCC1. The maximum atomic E-state index is 12.8. The predicted molar refractivity (Wildman–Crippen MR) is 98.4 cm³/mol. The van der Waals surface area contributed by atoms with Crippen LogP contribution < -0.4 is 9.62 Å². The van der Waals surface area contributed by atoms with Gasteiger partial charge in [-0.15, -0.1) is 0 Å². The lowest BCUT2D eigenvalue weighted by molar-refractivity contribution is 0.0697. The first kappa shape index (κ1) is 18.2. The van der Waals surface area contributed by atoms with Gasteiger partial charge in [0.05, 0.1) is 35.0 Å². The molecule has 0 atom stereocenters. The van der Waals surface area contributed by atoms with Gasteiger partial charge in [0.25, 0.3) is 10.0 Å². The molecule has 1 saturated heterocycles. The number of carbonyl (C=O) groups is 1. The number of hydrogen-bond donors (Lipinski definition) is 2. The van der Waals surface area contributed by atoms with E-state index in [0.29, 0.717) is 37.6 Å². The fraction of sp³-hybridized carbons (Fsp3) is 0.278. The lowest BCUT2D eigenvalue weighted by atomic mass is 10.1. The molecule has 0 aromatic heterocycles. The molecule has 1 aliphatic rings. The van der Waals surface area contributed by atoms with Crippen molar-refractivity contribution < 1.29 is 23.1 Å². The van der Waals surface area contributed by atoms with Crippen molar-refractivity contribution >= 4 is 27.4 Å². The van der Waals surface area contributed by atoms with Crippen LogP contribution >= 0.6 is 0 Å². The molecular formula is C18H20N2O5S. The lowest BCUT2D eigenvalue weighted by Gasteiger charge is -2.30. The summed E-state index contributed by atoms with van der Waals surface area (Å²) in [4.78, 5) is 13.5. The van der Waals surface area contributed by atoms with Gasteiger partial charge in [-0.1, -0.05) is 18.2 Å². The van der Waals surface area contributed by atoms with Gasteiger partial charge in [0.2, 0.25) is 0 Å². The number of sulfonamides is 1. The molecule has 3 rings (SSSR count). The van der Waals surface area contributed by atoms with Crippen LogP contribution in [0, 0.1) is 6.92 Å². The molecule has 7 nitrogen and oxygen atoms in total. The number of ether oxygens (including phenoxy) is 1. The molecule has 1 fully saturated rings. The third kappa shape index (κ3) is 3.81. The van der Waals surface area contributed by atoms with Crippen molar-refractivity contribution in [2.75, 3.05) is 35.9 Å². The van der Waals surface area contributed by atoms with Gasteiger partial charge >= 0.3 is 5.97 Å². The smallest absolute Gasteiger partial charge is 0.335 e. The molecule has 0 saturated carbocycles. The average Bonchev–Trinajstić information content (AvgIpc) is 2.62. The van der Waals surface area contributed by atoms with Crippen molar-refractivity contribution in [3.63, 3.8) is 0 Å². The van der Waals surface area contributed by atoms with Crippen molar-refractivity contribution in [1.29, 1.82) is 0 Å². The number of nitrogens with one attached hydrogen (secondary N) is 1. The van der Waals surface area contributed by atoms with E-state index >= 15 is 0 Å². The van der Waals surface area contributed by atoms with E-state index in [4.69, 9.17) is 4.74 Å². The number of aromatic carboxylic acids is 1. The van der Waals surface area contributed by atoms with E-state index in [9.17, 15) is 18.3 Å². The average molecular weight is 376 g/mol. The molecule has 2 aromatic carbocycles. The van der Waals surface area contributed by atoms with E-state index in [1.807, 2.05) is 4.90 Å². The topological polar surface area (TPSA) is 95.9 Å². The fourth-order valence-corrected chi connectivity index (χ4v) is 4.20. The Balaban J connectivity index is 2.02. The van der Waals surface area contributed by atoms with Gasteiger partial charge in [0, 0.05) is 13.1 Å². The molecule has 1 aliphatic heterocycles. The Bertz CT molecular complexity index is 921. The summed E-state index contributed by atoms with van der Waals surface area (Å²) in [6.45, 7) is 3.98. The number of nitrogens with zero attached hydrogens (tertiary/aromatic N) is 1. The highest BCUT2D eigenvalue weighted by molar-refractivity contribution is 7.92. The maximum absolute atomic E-state index is 12.8. The van der Waals surface area contributed by atoms with Crippen LogP contribution in [0.4, 0.5) is 11.4 Å². The molecule has 0 amide bonds. The summed E-state index contributed by atoms with van der Waals surface area (Å²) in [7, 11) is -3.85. The molecule has 2 aromatic rings. The molecule has 26 heavy (non-hydrogen) atoms. The largest absolute Gasteiger partial charge is 0.478 e. The standard InChI is InChI=1S/C18H20N2O5S/c1-13-4-2-3-5-17(13)26(23,24)19-15-12-14(18(21)22)6-7-16(15)20-8-10-25-11-9-20/h2-7,12,19H,8-11H2,1H3,(H,21,22). The first-order chi connectivity index (χ1) is 12.4. The van der Waals surface area contributed by atoms with E-state index in [1.165, 1.54) is 18.2 Å². The molecular weight excluding hydrogens is 356 g/mol. The van der Waals surface area contributed by atoms with Crippen LogP contribution in [0.3, 0.4) is 0 Å². The molecule has 2 N–H and O–H groups in total. The lowest BCUT2D eigenvalue weighted by Crippen LogP contribution is -2.36. The molecule has 0 bridgehead atoms. The Morgan fingerprint density at radius 3 is 2.50 bits per heavy atom. The number of carboxylic acid groups (broad SMARTS) is 1.